The van der Waals surface area contributed by atoms with Gasteiger partial charge in [-0.05, 0) is 63.4 Å². The monoisotopic (exact) mass is 350 g/mol. The summed E-state index contributed by atoms with van der Waals surface area (Å²) in [5, 5.41) is 0.495. The summed E-state index contributed by atoms with van der Waals surface area (Å²) in [7, 11) is 3.85. The molecule has 0 radical (unpaired) electrons. The van der Waals surface area contributed by atoms with Gasteiger partial charge in [-0.25, -0.2) is 0 Å². The van der Waals surface area contributed by atoms with Crippen LogP contribution in [0.4, 0.5) is 0 Å². The van der Waals surface area contributed by atoms with E-state index in [1.54, 1.807) is 25.3 Å². The number of nitrogens with zero attached hydrogens (tertiary/aromatic N) is 2. The van der Waals surface area contributed by atoms with E-state index in [4.69, 9.17) is 16.3 Å². The summed E-state index contributed by atoms with van der Waals surface area (Å²) in [5.74, 6) is 1.40. The molecule has 2 fully saturated rings. The Kier molecular flexibility index (Phi) is 5.67. The third-order valence-corrected chi connectivity index (χ3v) is 5.93. The van der Waals surface area contributed by atoms with Crippen LogP contribution >= 0.6 is 11.6 Å². The summed E-state index contributed by atoms with van der Waals surface area (Å²) in [6.45, 7) is 2.85. The van der Waals surface area contributed by atoms with Gasteiger partial charge in [0.25, 0.3) is 5.91 Å². The van der Waals surface area contributed by atoms with Crippen LogP contribution in [0, 0.1) is 5.92 Å². The minimum atomic E-state index is 0.0225. The number of hydrogen-bond acceptors (Lipinski definition) is 3. The average molecular weight is 351 g/mol. The lowest BCUT2D eigenvalue weighted by atomic mass is 9.84. The molecule has 2 saturated heterocycles. The van der Waals surface area contributed by atoms with Crippen molar-refractivity contribution in [2.45, 2.75) is 38.1 Å². The van der Waals surface area contributed by atoms with Crippen LogP contribution < -0.4 is 4.74 Å². The molecule has 0 aromatic heterocycles. The van der Waals surface area contributed by atoms with Crippen LogP contribution in [0.15, 0.2) is 18.2 Å². The van der Waals surface area contributed by atoms with Gasteiger partial charge < -0.3 is 14.5 Å². The molecule has 1 unspecified atom stereocenters. The lowest BCUT2D eigenvalue weighted by Gasteiger charge is -2.42. The Morgan fingerprint density at radius 2 is 1.92 bits per heavy atom. The van der Waals surface area contributed by atoms with Gasteiger partial charge in [-0.1, -0.05) is 18.0 Å². The van der Waals surface area contributed by atoms with Crippen molar-refractivity contribution in [2.75, 3.05) is 33.8 Å². The fourth-order valence-corrected chi connectivity index (χ4v) is 4.35. The van der Waals surface area contributed by atoms with Crippen molar-refractivity contribution in [1.82, 2.24) is 9.80 Å². The van der Waals surface area contributed by atoms with E-state index in [2.05, 4.69) is 11.9 Å². The summed E-state index contributed by atoms with van der Waals surface area (Å²) in [6, 6.07) is 5.95. The van der Waals surface area contributed by atoms with E-state index in [0.717, 1.165) is 25.9 Å². The molecule has 3 rings (SSSR count). The van der Waals surface area contributed by atoms with E-state index in [1.807, 2.05) is 4.90 Å². The van der Waals surface area contributed by atoms with Gasteiger partial charge in [0.1, 0.15) is 5.75 Å². The van der Waals surface area contributed by atoms with Crippen LogP contribution in [0.25, 0.3) is 0 Å². The zero-order valence-electron chi connectivity index (χ0n) is 14.6. The maximum atomic E-state index is 12.8. The Morgan fingerprint density at radius 1 is 1.17 bits per heavy atom. The number of amides is 1. The Hall–Kier alpha value is -1.26. The number of likely N-dealkylation sites (tertiary alicyclic amines) is 2. The highest BCUT2D eigenvalue weighted by Gasteiger charge is 2.32. The molecule has 0 spiro atoms. The fourth-order valence-electron chi connectivity index (χ4n) is 4.15. The third-order valence-electron chi connectivity index (χ3n) is 5.60. The number of ether oxygens (including phenoxy) is 1. The molecule has 2 aliphatic rings. The second kappa shape index (κ2) is 7.75. The first-order valence-electron chi connectivity index (χ1n) is 8.93. The van der Waals surface area contributed by atoms with Crippen LogP contribution in [-0.2, 0) is 0 Å². The summed E-state index contributed by atoms with van der Waals surface area (Å²) in [5.41, 5.74) is 0.546. The molecule has 1 atom stereocenters. The summed E-state index contributed by atoms with van der Waals surface area (Å²) < 4.78 is 5.22. The van der Waals surface area contributed by atoms with Gasteiger partial charge in [-0.2, -0.15) is 0 Å². The average Bonchev–Trinajstić information content (AvgIpc) is 2.62. The lowest BCUT2D eigenvalue weighted by molar-refractivity contribution is 0.0554. The van der Waals surface area contributed by atoms with Crippen molar-refractivity contribution in [3.8, 4) is 5.75 Å². The minimum Gasteiger partial charge on any atom is -0.497 e. The van der Waals surface area contributed by atoms with E-state index in [0.29, 0.717) is 28.3 Å². The molecule has 24 heavy (non-hydrogen) atoms. The van der Waals surface area contributed by atoms with Crippen LogP contribution in [0.2, 0.25) is 5.02 Å². The molecule has 2 heterocycles. The van der Waals surface area contributed by atoms with Gasteiger partial charge >= 0.3 is 0 Å². The maximum Gasteiger partial charge on any atom is 0.255 e. The van der Waals surface area contributed by atoms with Crippen molar-refractivity contribution in [3.05, 3.63) is 28.8 Å². The first-order valence-corrected chi connectivity index (χ1v) is 9.31. The van der Waals surface area contributed by atoms with Gasteiger partial charge in [-0.3, -0.25) is 4.79 Å². The number of methoxy groups -OCH3 is 1. The minimum absolute atomic E-state index is 0.0225. The predicted octanol–water partition coefficient (Wildman–Crippen LogP) is 3.69. The molecule has 2 aliphatic heterocycles. The molecule has 4 nitrogen and oxygen atoms in total. The zero-order chi connectivity index (χ0) is 17.1. The van der Waals surface area contributed by atoms with E-state index >= 15 is 0 Å². The number of rotatable bonds is 3. The molecule has 0 N–H and O–H groups in total. The highest BCUT2D eigenvalue weighted by atomic mass is 35.5. The molecular formula is C19H27ClN2O2. The number of piperidine rings is 2. The molecule has 0 saturated carbocycles. The van der Waals surface area contributed by atoms with Crippen LogP contribution in [0.1, 0.15) is 42.5 Å². The number of benzene rings is 1. The van der Waals surface area contributed by atoms with Gasteiger partial charge in [0.2, 0.25) is 0 Å². The predicted molar refractivity (Wildman–Crippen MR) is 96.9 cm³/mol. The number of carbonyl (C=O) groups is 1. The van der Waals surface area contributed by atoms with Gasteiger partial charge in [-0.15, -0.1) is 0 Å². The standard InChI is InChI=1S/C19H27ClN2O2/c1-21-10-4-3-5-18(21)14-8-11-22(12-9-14)19(23)16-13-15(24-2)6-7-17(16)20/h6-7,13-14,18H,3-5,8-12H2,1-2H3. The summed E-state index contributed by atoms with van der Waals surface area (Å²) >= 11 is 6.23. The van der Waals surface area contributed by atoms with Gasteiger partial charge in [0.05, 0.1) is 17.7 Å². The first kappa shape index (κ1) is 17.6. The molecule has 5 heteroatoms. The molecule has 1 aromatic carbocycles. The van der Waals surface area contributed by atoms with Crippen LogP contribution in [0.3, 0.4) is 0 Å². The Labute approximate surface area is 149 Å². The molecule has 0 bridgehead atoms. The van der Waals surface area contributed by atoms with E-state index < -0.39 is 0 Å². The summed E-state index contributed by atoms with van der Waals surface area (Å²) in [4.78, 5) is 17.3. The van der Waals surface area contributed by atoms with Crippen molar-refractivity contribution >= 4 is 17.5 Å². The molecule has 1 aromatic rings. The maximum absolute atomic E-state index is 12.8. The van der Waals surface area contributed by atoms with E-state index in [9.17, 15) is 4.79 Å². The van der Waals surface area contributed by atoms with Crippen molar-refractivity contribution < 1.29 is 9.53 Å². The first-order chi connectivity index (χ1) is 11.6. The second-order valence-corrected chi connectivity index (χ2v) is 7.43. The molecule has 1 amide bonds. The van der Waals surface area contributed by atoms with Crippen molar-refractivity contribution in [1.29, 1.82) is 0 Å². The lowest BCUT2D eigenvalue weighted by Crippen LogP contribution is -2.47. The normalized spacial score (nSPS) is 23.3. The Morgan fingerprint density at radius 3 is 2.58 bits per heavy atom. The van der Waals surface area contributed by atoms with E-state index in [-0.39, 0.29) is 5.91 Å². The fraction of sp³-hybridized carbons (Fsp3) is 0.632. The Balaban J connectivity index is 1.63. The molecule has 0 aliphatic carbocycles. The number of carbonyl (C=O) groups excluding carboxylic acids is 1. The van der Waals surface area contributed by atoms with Crippen molar-refractivity contribution in [3.63, 3.8) is 0 Å². The molecule has 132 valence electrons. The number of halogens is 1. The SMILES string of the molecule is COc1ccc(Cl)c(C(=O)N2CCC(C3CCCCN3C)CC2)c1. The van der Waals surface area contributed by atoms with Gasteiger partial charge in [0, 0.05) is 19.1 Å². The molecular weight excluding hydrogens is 324 g/mol. The van der Waals surface area contributed by atoms with Gasteiger partial charge in [0.15, 0.2) is 0 Å². The zero-order valence-corrected chi connectivity index (χ0v) is 15.4. The second-order valence-electron chi connectivity index (χ2n) is 7.02. The summed E-state index contributed by atoms with van der Waals surface area (Å²) in [6.07, 6.45) is 6.13. The third kappa shape index (κ3) is 3.70. The Bertz CT molecular complexity index is 585. The van der Waals surface area contributed by atoms with E-state index in [1.165, 1.54) is 25.8 Å². The quantitative estimate of drug-likeness (QED) is 0.833. The highest BCUT2D eigenvalue weighted by Crippen LogP contribution is 2.31. The van der Waals surface area contributed by atoms with Crippen molar-refractivity contribution in [2.24, 2.45) is 5.92 Å². The van der Waals surface area contributed by atoms with Crippen LogP contribution in [0.5, 0.6) is 5.75 Å². The topological polar surface area (TPSA) is 32.8 Å². The van der Waals surface area contributed by atoms with Crippen LogP contribution in [-0.4, -0.2) is 55.5 Å². The highest BCUT2D eigenvalue weighted by molar-refractivity contribution is 6.33. The number of hydrogen-bond donors (Lipinski definition) is 0. The largest absolute Gasteiger partial charge is 0.497 e. The smallest absolute Gasteiger partial charge is 0.255 e.